The lowest BCUT2D eigenvalue weighted by atomic mass is 10.3. The van der Waals surface area contributed by atoms with Gasteiger partial charge in [-0.15, -0.1) is 0 Å². The summed E-state index contributed by atoms with van der Waals surface area (Å²) in [5, 5.41) is 17.5. The maximum Gasteiger partial charge on any atom is 0.0948 e. The van der Waals surface area contributed by atoms with E-state index < -0.39 is 0 Å². The molecule has 0 aromatic rings. The molecular formula is C4H9Br2NO3. The zero-order chi connectivity index (χ0) is 7.98. The van der Waals surface area contributed by atoms with E-state index in [-0.39, 0.29) is 11.5 Å². The Morgan fingerprint density at radius 1 is 1.40 bits per heavy atom. The largest absolute Gasteiger partial charge is 0.266 e. The van der Waals surface area contributed by atoms with Crippen molar-refractivity contribution in [2.45, 2.75) is 12.5 Å². The lowest BCUT2D eigenvalue weighted by Gasteiger charge is -2.14. The van der Waals surface area contributed by atoms with Gasteiger partial charge in [0.05, 0.1) is 11.5 Å². The molecule has 0 rings (SSSR count). The van der Waals surface area contributed by atoms with Crippen LogP contribution >= 0.6 is 31.9 Å². The highest BCUT2D eigenvalue weighted by molar-refractivity contribution is 9.09. The second-order valence-electron chi connectivity index (χ2n) is 1.61. The van der Waals surface area contributed by atoms with Crippen LogP contribution in [-0.4, -0.2) is 32.6 Å². The van der Waals surface area contributed by atoms with E-state index in [1.54, 1.807) is 0 Å². The number of hydrogen-bond acceptors (Lipinski definition) is 4. The minimum atomic E-state index is -0.269. The van der Waals surface area contributed by atoms with Crippen LogP contribution in [0.1, 0.15) is 6.42 Å². The summed E-state index contributed by atoms with van der Waals surface area (Å²) in [5.41, 5.74) is 0. The zero-order valence-electron chi connectivity index (χ0n) is 5.20. The third-order valence-corrected chi connectivity index (χ3v) is 2.03. The van der Waals surface area contributed by atoms with Crippen LogP contribution in [0.4, 0.5) is 0 Å². The van der Waals surface area contributed by atoms with Crippen LogP contribution in [-0.2, 0) is 4.84 Å². The second kappa shape index (κ2) is 6.51. The van der Waals surface area contributed by atoms with E-state index in [1.807, 2.05) is 0 Å². The molecule has 4 nitrogen and oxygen atoms in total. The second-order valence-corrected chi connectivity index (χ2v) is 3.05. The summed E-state index contributed by atoms with van der Waals surface area (Å²) in [5.74, 6) is 0. The molecule has 1 unspecified atom stereocenters. The quantitative estimate of drug-likeness (QED) is 0.592. The summed E-state index contributed by atoms with van der Waals surface area (Å²) in [6, 6.07) is 0. The fourth-order valence-electron chi connectivity index (χ4n) is 0.413. The molecular weight excluding hydrogens is 270 g/mol. The Labute approximate surface area is 75.9 Å². The molecule has 0 aliphatic heterocycles. The van der Waals surface area contributed by atoms with Crippen LogP contribution in [0.15, 0.2) is 0 Å². The fraction of sp³-hybridized carbons (Fsp3) is 1.00. The molecule has 0 saturated carbocycles. The summed E-state index contributed by atoms with van der Waals surface area (Å²) >= 11 is 6.35. The fourth-order valence-corrected chi connectivity index (χ4v) is 1.37. The van der Waals surface area contributed by atoms with Gasteiger partial charge in [-0.2, -0.15) is 0 Å². The molecule has 0 saturated heterocycles. The molecule has 0 aliphatic carbocycles. The van der Waals surface area contributed by atoms with Crippen molar-refractivity contribution in [2.75, 3.05) is 10.7 Å². The summed E-state index contributed by atoms with van der Waals surface area (Å²) in [7, 11) is 0. The van der Waals surface area contributed by atoms with E-state index in [2.05, 4.69) is 36.7 Å². The first-order valence-corrected chi connectivity index (χ1v) is 4.91. The highest BCUT2D eigenvalue weighted by Gasteiger charge is 2.09. The number of rotatable bonds is 5. The molecule has 10 heavy (non-hydrogen) atoms. The van der Waals surface area contributed by atoms with Crippen molar-refractivity contribution >= 4 is 31.9 Å². The summed E-state index contributed by atoms with van der Waals surface area (Å²) in [4.78, 5) is 4.51. The zero-order valence-corrected chi connectivity index (χ0v) is 8.38. The molecule has 0 radical (unpaired) electrons. The van der Waals surface area contributed by atoms with Gasteiger partial charge in [0.1, 0.15) is 0 Å². The molecule has 0 aromatic carbocycles. The number of alkyl halides is 2. The monoisotopic (exact) mass is 277 g/mol. The average molecular weight is 279 g/mol. The van der Waals surface area contributed by atoms with Crippen molar-refractivity contribution in [1.29, 1.82) is 0 Å². The van der Waals surface area contributed by atoms with E-state index in [1.165, 1.54) is 0 Å². The molecule has 0 amide bonds. The van der Waals surface area contributed by atoms with Gasteiger partial charge in [-0.05, 0) is 6.42 Å². The maximum absolute atomic E-state index is 8.21. The van der Waals surface area contributed by atoms with Gasteiger partial charge >= 0.3 is 0 Å². The first-order chi connectivity index (χ1) is 4.70. The van der Waals surface area contributed by atoms with E-state index in [0.29, 0.717) is 11.8 Å². The van der Waals surface area contributed by atoms with Gasteiger partial charge in [-0.1, -0.05) is 31.9 Å². The van der Waals surface area contributed by atoms with Crippen LogP contribution in [0.25, 0.3) is 0 Å². The molecule has 0 bridgehead atoms. The van der Waals surface area contributed by atoms with E-state index in [4.69, 9.17) is 10.4 Å². The average Bonchev–Trinajstić information content (AvgIpc) is 1.86. The molecule has 2 N–H and O–H groups in total. The number of nitrogens with zero attached hydrogens (tertiary/aromatic N) is 1. The third kappa shape index (κ3) is 5.57. The van der Waals surface area contributed by atoms with Gasteiger partial charge in [0.2, 0.25) is 0 Å². The van der Waals surface area contributed by atoms with Crippen molar-refractivity contribution in [3.05, 3.63) is 0 Å². The lowest BCUT2D eigenvalue weighted by Crippen LogP contribution is -2.25. The minimum absolute atomic E-state index is 0.214. The lowest BCUT2D eigenvalue weighted by molar-refractivity contribution is -0.502. The van der Waals surface area contributed by atoms with Gasteiger partial charge in [0.15, 0.2) is 0 Å². The third-order valence-electron chi connectivity index (χ3n) is 0.847. The Bertz CT molecular complexity index is 82.9. The minimum Gasteiger partial charge on any atom is -0.266 e. The molecule has 0 aliphatic rings. The topological polar surface area (TPSA) is 52.9 Å². The van der Waals surface area contributed by atoms with Crippen molar-refractivity contribution in [3.8, 4) is 0 Å². The Hall–Kier alpha value is 0.800. The van der Waals surface area contributed by atoms with Crippen molar-refractivity contribution in [1.82, 2.24) is 5.39 Å². The Morgan fingerprint density at radius 3 is 2.30 bits per heavy atom. The van der Waals surface area contributed by atoms with Crippen LogP contribution in [0.2, 0.25) is 0 Å². The molecule has 0 aromatic heterocycles. The molecule has 0 fully saturated rings. The van der Waals surface area contributed by atoms with Crippen molar-refractivity contribution < 1.29 is 15.3 Å². The molecule has 62 valence electrons. The normalized spacial score (nSPS) is 14.1. The van der Waals surface area contributed by atoms with Gasteiger partial charge in [-0.25, -0.2) is 4.84 Å². The van der Waals surface area contributed by atoms with E-state index >= 15 is 0 Å². The predicted molar refractivity (Wildman–Crippen MR) is 42.5 cm³/mol. The van der Waals surface area contributed by atoms with E-state index in [9.17, 15) is 0 Å². The van der Waals surface area contributed by atoms with Gasteiger partial charge in [-0.3, -0.25) is 10.4 Å². The highest BCUT2D eigenvalue weighted by atomic mass is 79.9. The van der Waals surface area contributed by atoms with Crippen LogP contribution in [0.5, 0.6) is 0 Å². The van der Waals surface area contributed by atoms with Gasteiger partial charge in [0.25, 0.3) is 0 Å². The Balaban J connectivity index is 3.39. The molecule has 0 spiro atoms. The first-order valence-electron chi connectivity index (χ1n) is 2.67. The Morgan fingerprint density at radius 2 is 2.00 bits per heavy atom. The van der Waals surface area contributed by atoms with Crippen LogP contribution in [0.3, 0.4) is 0 Å². The van der Waals surface area contributed by atoms with Crippen molar-refractivity contribution in [3.63, 3.8) is 0 Å². The standard InChI is InChI=1S/C4H9Br2NO3/c5-2-1-4(3-6)10-7(8)9/h4,8-9H,1-3H2. The Kier molecular flexibility index (Phi) is 7.03. The summed E-state index contributed by atoms with van der Waals surface area (Å²) in [6.07, 6.45) is 0.498. The smallest absolute Gasteiger partial charge is 0.0948 e. The number of halogens is 2. The molecule has 6 heteroatoms. The predicted octanol–water partition coefficient (Wildman–Crippen LogP) is 1.55. The maximum atomic E-state index is 8.21. The highest BCUT2D eigenvalue weighted by Crippen LogP contribution is 2.05. The summed E-state index contributed by atoms with van der Waals surface area (Å²) in [6.45, 7) is 0. The van der Waals surface area contributed by atoms with Gasteiger partial charge < -0.3 is 0 Å². The SMILES string of the molecule is ON(O)OC(CBr)CCBr. The molecule has 1 atom stereocenters. The first kappa shape index (κ1) is 10.8. The van der Waals surface area contributed by atoms with Crippen LogP contribution in [0, 0.1) is 0 Å². The van der Waals surface area contributed by atoms with Crippen molar-refractivity contribution in [2.24, 2.45) is 0 Å². The summed E-state index contributed by atoms with van der Waals surface area (Å²) < 4.78 is 0. The van der Waals surface area contributed by atoms with Crippen LogP contribution < -0.4 is 0 Å². The number of hydrogen-bond donors (Lipinski definition) is 2. The van der Waals surface area contributed by atoms with E-state index in [0.717, 1.165) is 5.33 Å². The molecule has 0 heterocycles. The van der Waals surface area contributed by atoms with Gasteiger partial charge in [0, 0.05) is 10.7 Å².